The number of benzene rings is 2. The molecule has 0 radical (unpaired) electrons. The fourth-order valence-electron chi connectivity index (χ4n) is 4.38. The Morgan fingerprint density at radius 1 is 1.14 bits per heavy atom. The van der Waals surface area contributed by atoms with Crippen LogP contribution in [-0.2, 0) is 0 Å². The number of hydrogen-bond acceptors (Lipinski definition) is 7. The fraction of sp³-hybridized carbons (Fsp3) is 0.308. The van der Waals surface area contributed by atoms with Gasteiger partial charge in [-0.15, -0.1) is 0 Å². The Morgan fingerprint density at radius 2 is 1.81 bits per heavy atom. The molecule has 1 aromatic heterocycles. The van der Waals surface area contributed by atoms with E-state index in [4.69, 9.17) is 11.1 Å². The average Bonchev–Trinajstić information content (AvgIpc) is 3.19. The molecule has 0 unspecified atom stereocenters. The highest BCUT2D eigenvalue weighted by molar-refractivity contribution is 6.08. The van der Waals surface area contributed by atoms with Gasteiger partial charge in [-0.3, -0.25) is 9.59 Å². The van der Waals surface area contributed by atoms with Crippen molar-refractivity contribution in [3.8, 4) is 5.69 Å². The first-order valence-corrected chi connectivity index (χ1v) is 11.8. The van der Waals surface area contributed by atoms with Crippen molar-refractivity contribution < 1.29 is 13.6 Å². The molecule has 1 fully saturated rings. The third-order valence-corrected chi connectivity index (χ3v) is 6.06. The Morgan fingerprint density at radius 3 is 2.41 bits per heavy atom. The molecule has 3 aromatic rings. The average molecular weight is 510 g/mol. The van der Waals surface area contributed by atoms with E-state index in [9.17, 15) is 18.4 Å². The lowest BCUT2D eigenvalue weighted by atomic mass is 10.0. The van der Waals surface area contributed by atoms with Crippen LogP contribution in [0.1, 0.15) is 43.2 Å². The number of nitrogens with zero attached hydrogens (tertiary/aromatic N) is 3. The summed E-state index contributed by atoms with van der Waals surface area (Å²) in [4.78, 5) is 27.6. The van der Waals surface area contributed by atoms with Crippen LogP contribution in [0.25, 0.3) is 5.69 Å². The molecule has 1 atom stereocenters. The molecule has 11 heteroatoms. The van der Waals surface area contributed by atoms with Gasteiger partial charge in [-0.05, 0) is 57.5 Å². The highest BCUT2D eigenvalue weighted by Crippen LogP contribution is 2.38. The molecule has 0 spiro atoms. The van der Waals surface area contributed by atoms with Gasteiger partial charge in [-0.2, -0.15) is 9.78 Å². The van der Waals surface area contributed by atoms with Gasteiger partial charge in [-0.25, -0.2) is 8.78 Å². The maximum atomic E-state index is 14.3. The second kappa shape index (κ2) is 10.1. The third-order valence-electron chi connectivity index (χ3n) is 6.06. The summed E-state index contributed by atoms with van der Waals surface area (Å²) in [5.41, 5.74) is 6.57. The second-order valence-corrected chi connectivity index (χ2v) is 9.68. The third kappa shape index (κ3) is 5.36. The van der Waals surface area contributed by atoms with Crippen LogP contribution in [0.15, 0.2) is 47.3 Å². The van der Waals surface area contributed by atoms with Gasteiger partial charge in [-0.1, -0.05) is 6.07 Å². The molecule has 0 bridgehead atoms. The van der Waals surface area contributed by atoms with Gasteiger partial charge in [0.25, 0.3) is 11.5 Å². The van der Waals surface area contributed by atoms with Crippen LogP contribution in [0.5, 0.6) is 0 Å². The number of rotatable bonds is 7. The van der Waals surface area contributed by atoms with Crippen LogP contribution in [0.3, 0.4) is 0 Å². The van der Waals surface area contributed by atoms with Crippen LogP contribution in [-0.4, -0.2) is 46.6 Å². The number of hydrogen-bond donors (Lipinski definition) is 4. The zero-order chi connectivity index (χ0) is 26.9. The maximum absolute atomic E-state index is 14.3. The molecular weight excluding hydrogens is 480 g/mol. The van der Waals surface area contributed by atoms with Crippen molar-refractivity contribution in [3.05, 3.63) is 75.7 Å². The summed E-state index contributed by atoms with van der Waals surface area (Å²) < 4.78 is 29.2. The quantitative estimate of drug-likeness (QED) is 0.361. The van der Waals surface area contributed by atoms with Gasteiger partial charge in [0.05, 0.1) is 11.4 Å². The molecule has 1 saturated heterocycles. The van der Waals surface area contributed by atoms with Gasteiger partial charge >= 0.3 is 0 Å². The number of carbonyl (C=O) groups is 1. The minimum Gasteiger partial charge on any atom is -0.382 e. The molecule has 2 heterocycles. The van der Waals surface area contributed by atoms with E-state index in [2.05, 4.69) is 15.7 Å². The van der Waals surface area contributed by atoms with E-state index in [1.165, 1.54) is 18.3 Å². The van der Waals surface area contributed by atoms with E-state index in [1.54, 1.807) is 12.1 Å². The molecule has 194 valence electrons. The van der Waals surface area contributed by atoms with E-state index in [-0.39, 0.29) is 11.7 Å². The number of para-hydroxylation sites is 1. The molecule has 1 aliphatic rings. The van der Waals surface area contributed by atoms with Crippen LogP contribution in [0, 0.1) is 17.0 Å². The minimum absolute atomic E-state index is 0.106. The lowest BCUT2D eigenvalue weighted by Gasteiger charge is -2.28. The molecule has 0 aliphatic carbocycles. The van der Waals surface area contributed by atoms with Gasteiger partial charge in [0.15, 0.2) is 11.6 Å². The van der Waals surface area contributed by atoms with Crippen molar-refractivity contribution in [2.45, 2.75) is 38.8 Å². The predicted molar refractivity (Wildman–Crippen MR) is 140 cm³/mol. The first kappa shape index (κ1) is 26.0. The number of carbonyl (C=O) groups excluding carboxylic acids is 1. The standard InChI is InChI=1S/C26H29F2N7O2/c1-15(2)31-19-7-8-20(23(16(19)13-29)34-12-11-26(3,30)14-34)32-25(37)21-9-10-22(36)35(33-21)24-17(27)5-4-6-18(24)28/h4-10,13,15,29,31H,11-12,14,30H2,1-3H3,(H,32,37)/t26-/m1/s1. The topological polar surface area (TPSA) is 129 Å². The van der Waals surface area contributed by atoms with Crippen LogP contribution in [0.4, 0.5) is 25.8 Å². The van der Waals surface area contributed by atoms with E-state index in [0.717, 1.165) is 30.3 Å². The van der Waals surface area contributed by atoms with E-state index < -0.39 is 34.3 Å². The predicted octanol–water partition coefficient (Wildman–Crippen LogP) is 3.51. The van der Waals surface area contributed by atoms with Crippen molar-refractivity contribution in [1.29, 1.82) is 5.41 Å². The normalized spacial score (nSPS) is 17.2. The lowest BCUT2D eigenvalue weighted by Crippen LogP contribution is -2.39. The lowest BCUT2D eigenvalue weighted by molar-refractivity contribution is 0.102. The zero-order valence-corrected chi connectivity index (χ0v) is 20.8. The molecule has 5 N–H and O–H groups in total. The number of halogens is 2. The van der Waals surface area contributed by atoms with Crippen molar-refractivity contribution in [2.24, 2.45) is 5.73 Å². The Kier molecular flexibility index (Phi) is 7.08. The Hall–Kier alpha value is -4.12. The van der Waals surface area contributed by atoms with E-state index in [0.29, 0.717) is 34.7 Å². The zero-order valence-electron chi connectivity index (χ0n) is 20.8. The Bertz CT molecular complexity index is 1400. The molecule has 1 amide bonds. The summed E-state index contributed by atoms with van der Waals surface area (Å²) in [5.74, 6) is -2.67. The second-order valence-electron chi connectivity index (χ2n) is 9.68. The molecule has 2 aromatic carbocycles. The number of nitrogens with one attached hydrogen (secondary N) is 3. The minimum atomic E-state index is -0.989. The van der Waals surface area contributed by atoms with Crippen LogP contribution in [0.2, 0.25) is 0 Å². The van der Waals surface area contributed by atoms with Crippen molar-refractivity contribution in [2.75, 3.05) is 28.6 Å². The van der Waals surface area contributed by atoms with Crippen molar-refractivity contribution in [1.82, 2.24) is 9.78 Å². The van der Waals surface area contributed by atoms with E-state index in [1.807, 2.05) is 25.7 Å². The van der Waals surface area contributed by atoms with Gasteiger partial charge in [0.2, 0.25) is 0 Å². The van der Waals surface area contributed by atoms with Crippen LogP contribution >= 0.6 is 0 Å². The SMILES string of the molecule is CC(C)Nc1ccc(NC(=O)c2ccc(=O)n(-c3c(F)cccc3F)n2)c(N2CC[C@@](C)(N)C2)c1C=N. The summed E-state index contributed by atoms with van der Waals surface area (Å²) in [6.07, 6.45) is 1.95. The number of nitrogens with two attached hydrogens (primary N) is 1. The largest absolute Gasteiger partial charge is 0.382 e. The van der Waals surface area contributed by atoms with Gasteiger partial charge in [0.1, 0.15) is 11.4 Å². The Balaban J connectivity index is 1.75. The highest BCUT2D eigenvalue weighted by atomic mass is 19.1. The monoisotopic (exact) mass is 509 g/mol. The van der Waals surface area contributed by atoms with Gasteiger partial charge in [0, 0.05) is 48.2 Å². The fourth-order valence-corrected chi connectivity index (χ4v) is 4.38. The first-order valence-electron chi connectivity index (χ1n) is 11.8. The summed E-state index contributed by atoms with van der Waals surface area (Å²) in [7, 11) is 0. The number of amides is 1. The van der Waals surface area contributed by atoms with Crippen molar-refractivity contribution >= 4 is 29.2 Å². The summed E-state index contributed by atoms with van der Waals surface area (Å²) in [5, 5.41) is 18.2. The molecule has 4 rings (SSSR count). The molecule has 37 heavy (non-hydrogen) atoms. The molecule has 9 nitrogen and oxygen atoms in total. The van der Waals surface area contributed by atoms with Crippen molar-refractivity contribution in [3.63, 3.8) is 0 Å². The number of anilines is 3. The molecule has 1 aliphatic heterocycles. The van der Waals surface area contributed by atoms with Crippen LogP contribution < -0.4 is 26.8 Å². The molecular formula is C26H29F2N7O2. The summed E-state index contributed by atoms with van der Waals surface area (Å²) in [6, 6.07) is 8.95. The Labute approximate surface area is 212 Å². The van der Waals surface area contributed by atoms with Gasteiger partial charge < -0.3 is 26.7 Å². The summed E-state index contributed by atoms with van der Waals surface area (Å²) >= 11 is 0. The highest BCUT2D eigenvalue weighted by Gasteiger charge is 2.33. The first-order chi connectivity index (χ1) is 17.5. The van der Waals surface area contributed by atoms with E-state index >= 15 is 0 Å². The maximum Gasteiger partial charge on any atom is 0.276 e. The number of aromatic nitrogens is 2. The summed E-state index contributed by atoms with van der Waals surface area (Å²) in [6.45, 7) is 7.04. The molecule has 0 saturated carbocycles. The smallest absolute Gasteiger partial charge is 0.276 e.